The number of rotatable bonds is 4. The average molecular weight is 300 g/mol. The third-order valence-corrected chi connectivity index (χ3v) is 2.73. The molecule has 0 bridgehead atoms. The fourth-order valence-corrected chi connectivity index (χ4v) is 1.70. The molecule has 0 aliphatic carbocycles. The Hall–Kier alpha value is -1.43. The van der Waals surface area contributed by atoms with Gasteiger partial charge in [0.25, 0.3) is 0 Å². The minimum absolute atomic E-state index is 0.149. The van der Waals surface area contributed by atoms with Gasteiger partial charge >= 0.3 is 0 Å². The highest BCUT2D eigenvalue weighted by Gasteiger charge is 2.15. The van der Waals surface area contributed by atoms with Crippen molar-refractivity contribution in [3.63, 3.8) is 0 Å². The molecule has 0 unspecified atom stereocenters. The summed E-state index contributed by atoms with van der Waals surface area (Å²) in [6.45, 7) is 2.77. The van der Waals surface area contributed by atoms with Gasteiger partial charge in [0.05, 0.1) is 16.9 Å². The third kappa shape index (κ3) is 2.63. The van der Waals surface area contributed by atoms with Gasteiger partial charge in [-0.25, -0.2) is 14.4 Å². The van der Waals surface area contributed by atoms with Crippen molar-refractivity contribution < 1.29 is 8.81 Å². The predicted octanol–water partition coefficient (Wildman–Crippen LogP) is 3.46. The van der Waals surface area contributed by atoms with Crippen molar-refractivity contribution in [3.05, 3.63) is 28.8 Å². The molecule has 0 amide bonds. The van der Waals surface area contributed by atoms with Crippen molar-refractivity contribution >= 4 is 21.9 Å². The molecule has 4 nitrogen and oxygen atoms in total. The van der Waals surface area contributed by atoms with Crippen molar-refractivity contribution in [2.45, 2.75) is 13.3 Å². The van der Waals surface area contributed by atoms with Gasteiger partial charge in [-0.1, -0.05) is 6.92 Å². The van der Waals surface area contributed by atoms with Gasteiger partial charge < -0.3 is 9.73 Å². The summed E-state index contributed by atoms with van der Waals surface area (Å²) in [6, 6.07) is 1.69. The lowest BCUT2D eigenvalue weighted by molar-refractivity contribution is 0.561. The van der Waals surface area contributed by atoms with Crippen LogP contribution in [0.4, 0.5) is 10.3 Å². The molecule has 2 aromatic rings. The van der Waals surface area contributed by atoms with E-state index in [-0.39, 0.29) is 5.69 Å². The van der Waals surface area contributed by atoms with Gasteiger partial charge in [0, 0.05) is 6.54 Å². The van der Waals surface area contributed by atoms with Crippen LogP contribution in [0.5, 0.6) is 0 Å². The maximum Gasteiger partial charge on any atom is 0.223 e. The normalized spacial score (nSPS) is 10.5. The molecule has 0 fully saturated rings. The van der Waals surface area contributed by atoms with Crippen LogP contribution in [-0.2, 0) is 0 Å². The molecule has 0 radical (unpaired) electrons. The summed E-state index contributed by atoms with van der Waals surface area (Å²) >= 11 is 3.27. The number of hydrogen-bond donors (Lipinski definition) is 1. The van der Waals surface area contributed by atoms with Crippen LogP contribution in [0.2, 0.25) is 0 Å². The van der Waals surface area contributed by atoms with E-state index < -0.39 is 5.82 Å². The van der Waals surface area contributed by atoms with Crippen LogP contribution in [0.3, 0.4) is 0 Å². The number of aromatic nitrogens is 2. The monoisotopic (exact) mass is 299 g/mol. The summed E-state index contributed by atoms with van der Waals surface area (Å²) in [5, 5.41) is 3.00. The summed E-state index contributed by atoms with van der Waals surface area (Å²) in [4.78, 5) is 7.95. The molecule has 0 aromatic carbocycles. The van der Waals surface area contributed by atoms with Gasteiger partial charge in [-0.3, -0.25) is 0 Å². The lowest BCUT2D eigenvalue weighted by atomic mass is 10.3. The topological polar surface area (TPSA) is 51.0 Å². The molecule has 90 valence electrons. The van der Waals surface area contributed by atoms with Gasteiger partial charge in [-0.05, 0) is 28.4 Å². The lowest BCUT2D eigenvalue weighted by Crippen LogP contribution is -2.05. The van der Waals surface area contributed by atoms with Gasteiger partial charge in [-0.15, -0.1) is 0 Å². The van der Waals surface area contributed by atoms with E-state index in [0.29, 0.717) is 16.2 Å². The molecular weight excluding hydrogens is 289 g/mol. The Morgan fingerprint density at radius 2 is 2.35 bits per heavy atom. The number of hydrogen-bond acceptors (Lipinski definition) is 4. The second kappa shape index (κ2) is 5.27. The maximum atomic E-state index is 13.6. The Balaban J connectivity index is 2.36. The summed E-state index contributed by atoms with van der Waals surface area (Å²) in [5.74, 6) is 0.249. The lowest BCUT2D eigenvalue weighted by Gasteiger charge is -2.05. The summed E-state index contributed by atoms with van der Waals surface area (Å²) < 4.78 is 19.5. The molecule has 0 saturated heterocycles. The van der Waals surface area contributed by atoms with Gasteiger partial charge in [0.1, 0.15) is 5.69 Å². The molecule has 17 heavy (non-hydrogen) atoms. The molecule has 0 spiro atoms. The zero-order chi connectivity index (χ0) is 12.3. The van der Waals surface area contributed by atoms with E-state index in [9.17, 15) is 4.39 Å². The van der Waals surface area contributed by atoms with E-state index in [4.69, 9.17) is 4.42 Å². The Bertz CT molecular complexity index is 515. The second-order valence-electron chi connectivity index (χ2n) is 3.41. The Morgan fingerprint density at radius 3 is 3.00 bits per heavy atom. The fraction of sp³-hybridized carbons (Fsp3) is 0.273. The number of nitrogens with one attached hydrogen (secondary N) is 1. The van der Waals surface area contributed by atoms with Crippen LogP contribution in [0.15, 0.2) is 27.4 Å². The van der Waals surface area contributed by atoms with Crippen LogP contribution in [0.1, 0.15) is 13.3 Å². The van der Waals surface area contributed by atoms with E-state index >= 15 is 0 Å². The van der Waals surface area contributed by atoms with Crippen molar-refractivity contribution in [3.8, 4) is 11.5 Å². The number of furan rings is 1. The standard InChI is InChI=1S/C11H11BrFN3O/c1-2-4-14-11-15-6-8(13)9(16-11)10-7(12)3-5-17-10/h3,5-6H,2,4H2,1H3,(H,14,15,16). The van der Waals surface area contributed by atoms with Crippen LogP contribution >= 0.6 is 15.9 Å². The summed E-state index contributed by atoms with van der Waals surface area (Å²) in [5.41, 5.74) is 0.149. The quantitative estimate of drug-likeness (QED) is 0.939. The molecule has 2 heterocycles. The second-order valence-corrected chi connectivity index (χ2v) is 4.27. The Kier molecular flexibility index (Phi) is 3.73. The first-order chi connectivity index (χ1) is 8.22. The molecule has 0 atom stereocenters. The van der Waals surface area contributed by atoms with Gasteiger partial charge in [0.2, 0.25) is 5.95 Å². The highest BCUT2D eigenvalue weighted by atomic mass is 79.9. The van der Waals surface area contributed by atoms with Crippen LogP contribution in [-0.4, -0.2) is 16.5 Å². The van der Waals surface area contributed by atoms with E-state index in [1.165, 1.54) is 6.26 Å². The van der Waals surface area contributed by atoms with Crippen molar-refractivity contribution in [2.24, 2.45) is 0 Å². The average Bonchev–Trinajstić information content (AvgIpc) is 2.74. The summed E-state index contributed by atoms with van der Waals surface area (Å²) in [6.07, 6.45) is 3.55. The Morgan fingerprint density at radius 1 is 1.53 bits per heavy atom. The first kappa shape index (κ1) is 12.0. The predicted molar refractivity (Wildman–Crippen MR) is 66.2 cm³/mol. The molecular formula is C11H11BrFN3O. The zero-order valence-corrected chi connectivity index (χ0v) is 10.8. The molecule has 0 saturated carbocycles. The molecule has 2 aromatic heterocycles. The van der Waals surface area contributed by atoms with Crippen molar-refractivity contribution in [1.82, 2.24) is 9.97 Å². The van der Waals surface area contributed by atoms with E-state index in [0.717, 1.165) is 19.2 Å². The molecule has 6 heteroatoms. The first-order valence-electron chi connectivity index (χ1n) is 5.22. The van der Waals surface area contributed by atoms with Crippen LogP contribution in [0.25, 0.3) is 11.5 Å². The minimum Gasteiger partial charge on any atom is -0.461 e. The van der Waals surface area contributed by atoms with Gasteiger partial charge in [0.15, 0.2) is 11.6 Å². The first-order valence-corrected chi connectivity index (χ1v) is 6.01. The smallest absolute Gasteiger partial charge is 0.223 e. The zero-order valence-electron chi connectivity index (χ0n) is 9.20. The number of nitrogens with zero attached hydrogens (tertiary/aromatic N) is 2. The minimum atomic E-state index is -0.511. The summed E-state index contributed by atoms with van der Waals surface area (Å²) in [7, 11) is 0. The molecule has 0 aliphatic rings. The van der Waals surface area contributed by atoms with Crippen molar-refractivity contribution in [1.29, 1.82) is 0 Å². The van der Waals surface area contributed by atoms with Crippen LogP contribution < -0.4 is 5.32 Å². The van der Waals surface area contributed by atoms with E-state index in [2.05, 4.69) is 31.2 Å². The maximum absolute atomic E-state index is 13.6. The van der Waals surface area contributed by atoms with Gasteiger partial charge in [-0.2, -0.15) is 0 Å². The Labute approximate surface area is 106 Å². The highest BCUT2D eigenvalue weighted by Crippen LogP contribution is 2.29. The van der Waals surface area contributed by atoms with E-state index in [1.54, 1.807) is 6.07 Å². The molecule has 0 aliphatic heterocycles. The fourth-order valence-electron chi connectivity index (χ4n) is 1.31. The SMILES string of the molecule is CCCNc1ncc(F)c(-c2occc2Br)n1. The highest BCUT2D eigenvalue weighted by molar-refractivity contribution is 9.10. The molecule has 1 N–H and O–H groups in total. The third-order valence-electron chi connectivity index (χ3n) is 2.11. The van der Waals surface area contributed by atoms with Crippen LogP contribution in [0, 0.1) is 5.82 Å². The number of halogens is 2. The van der Waals surface area contributed by atoms with E-state index in [1.807, 2.05) is 6.92 Å². The number of anilines is 1. The molecule has 2 rings (SSSR count). The largest absolute Gasteiger partial charge is 0.461 e. The van der Waals surface area contributed by atoms with Crippen molar-refractivity contribution in [2.75, 3.05) is 11.9 Å².